The van der Waals surface area contributed by atoms with Gasteiger partial charge < -0.3 is 21.4 Å². The lowest BCUT2D eigenvalue weighted by molar-refractivity contribution is 0.665. The van der Waals surface area contributed by atoms with E-state index in [1.807, 2.05) is 30.9 Å². The molecule has 1 aromatic carbocycles. The minimum Gasteiger partial charge on any atom is -0.385 e. The normalized spacial score (nSPS) is 17.9. The highest BCUT2D eigenvalue weighted by Crippen LogP contribution is 2.32. The molecule has 6 nitrogen and oxygen atoms in total. The zero-order chi connectivity index (χ0) is 18.2. The number of nitrogen functional groups attached to an aromatic ring is 1. The first-order chi connectivity index (χ1) is 13.3. The van der Waals surface area contributed by atoms with E-state index in [2.05, 4.69) is 50.9 Å². The van der Waals surface area contributed by atoms with Gasteiger partial charge in [0, 0.05) is 48.3 Å². The summed E-state index contributed by atoms with van der Waals surface area (Å²) in [6.45, 7) is 1.04. The molecule has 2 aromatic rings. The summed E-state index contributed by atoms with van der Waals surface area (Å²) in [6, 6.07) is 8.53. The Labute approximate surface area is 158 Å². The molecule has 0 amide bonds. The number of nitrogens with two attached hydrogens (primary N) is 1. The topological polar surface area (TPSA) is 70.6 Å². The largest absolute Gasteiger partial charge is 0.385 e. The molecule has 1 aromatic heterocycles. The van der Waals surface area contributed by atoms with Crippen LogP contribution in [0.4, 0.5) is 11.4 Å². The lowest BCUT2D eigenvalue weighted by atomic mass is 10.0. The van der Waals surface area contributed by atoms with E-state index in [9.17, 15) is 0 Å². The van der Waals surface area contributed by atoms with Crippen LogP contribution in [0.2, 0.25) is 0 Å². The van der Waals surface area contributed by atoms with E-state index in [0.717, 1.165) is 47.9 Å². The fourth-order valence-corrected chi connectivity index (χ4v) is 3.81. The summed E-state index contributed by atoms with van der Waals surface area (Å²) < 4.78 is 1.58. The Morgan fingerprint density at radius 1 is 1.15 bits per heavy atom. The molecule has 0 fully saturated rings. The number of fused-ring (bicyclic) bond motifs is 2. The van der Waals surface area contributed by atoms with Crippen LogP contribution < -0.4 is 16.5 Å². The number of hydrogen-bond acceptors (Lipinski definition) is 5. The van der Waals surface area contributed by atoms with Gasteiger partial charge in [-0.05, 0) is 43.0 Å². The molecule has 136 valence electrons. The number of nitrogens with one attached hydrogen (secondary N) is 2. The Hall–Kier alpha value is -3.41. The molecule has 3 aliphatic rings. The molecule has 6 heteroatoms. The van der Waals surface area contributed by atoms with Gasteiger partial charge in [0.25, 0.3) is 0 Å². The molecular weight excluding hydrogens is 336 g/mol. The summed E-state index contributed by atoms with van der Waals surface area (Å²) in [6.07, 6.45) is 15.2. The van der Waals surface area contributed by atoms with E-state index < -0.39 is 0 Å². The second kappa shape index (κ2) is 6.39. The van der Waals surface area contributed by atoms with Gasteiger partial charge in [-0.3, -0.25) is 4.68 Å². The van der Waals surface area contributed by atoms with Gasteiger partial charge in [-0.25, -0.2) is 4.99 Å². The molecule has 3 aliphatic heterocycles. The van der Waals surface area contributed by atoms with Gasteiger partial charge in [0.05, 0.1) is 11.4 Å². The second-order valence-electron chi connectivity index (χ2n) is 6.93. The number of benzene rings is 1. The Morgan fingerprint density at radius 3 is 2.96 bits per heavy atom. The molecule has 5 rings (SSSR count). The van der Waals surface area contributed by atoms with Crippen molar-refractivity contribution in [2.24, 2.45) is 4.99 Å². The van der Waals surface area contributed by atoms with Crippen LogP contribution in [0.15, 0.2) is 71.9 Å². The van der Waals surface area contributed by atoms with Gasteiger partial charge in [-0.15, -0.1) is 0 Å². The third-order valence-electron chi connectivity index (χ3n) is 5.12. The molecule has 0 atom stereocenters. The SMILES string of the molecule is Nn1ccc(C2=CCC=C3C(Nc4ccc5c(c4)NCCC5)=NC=CN32)c1. The first kappa shape index (κ1) is 15.8. The molecule has 0 unspecified atom stereocenters. The van der Waals surface area contributed by atoms with E-state index >= 15 is 0 Å². The lowest BCUT2D eigenvalue weighted by Crippen LogP contribution is -2.30. The molecule has 0 saturated carbocycles. The summed E-state index contributed by atoms with van der Waals surface area (Å²) in [5.41, 5.74) is 6.92. The van der Waals surface area contributed by atoms with Crippen molar-refractivity contribution < 1.29 is 0 Å². The number of aromatic nitrogens is 1. The fraction of sp³-hybridized carbons (Fsp3) is 0.190. The number of aryl methyl sites for hydroxylation is 1. The summed E-state index contributed by atoms with van der Waals surface area (Å²) in [4.78, 5) is 6.75. The Bertz CT molecular complexity index is 1010. The number of hydrogen-bond donors (Lipinski definition) is 3. The predicted octanol–water partition coefficient (Wildman–Crippen LogP) is 3.49. The van der Waals surface area contributed by atoms with Gasteiger partial charge in [-0.1, -0.05) is 18.2 Å². The van der Waals surface area contributed by atoms with Crippen LogP contribution in [-0.4, -0.2) is 22.0 Å². The fourth-order valence-electron chi connectivity index (χ4n) is 3.81. The summed E-state index contributed by atoms with van der Waals surface area (Å²) in [7, 11) is 0. The van der Waals surface area contributed by atoms with Crippen molar-refractivity contribution in [3.05, 3.63) is 78.0 Å². The standard InChI is InChI=1S/C21H22N6/c22-26-11-8-16(14-26)19-4-1-5-20-21(24-10-12-27(19)20)25-17-7-6-15-3-2-9-23-18(15)13-17/h4-8,10-14,23H,1-3,9,22H2,(H,24,25). The third-order valence-corrected chi connectivity index (χ3v) is 5.12. The van der Waals surface area contributed by atoms with Crippen molar-refractivity contribution >= 4 is 22.9 Å². The van der Waals surface area contributed by atoms with Crippen molar-refractivity contribution in [2.45, 2.75) is 19.3 Å². The monoisotopic (exact) mass is 358 g/mol. The van der Waals surface area contributed by atoms with Crippen molar-refractivity contribution in [3.63, 3.8) is 0 Å². The maximum absolute atomic E-state index is 5.83. The van der Waals surface area contributed by atoms with Crippen LogP contribution in [-0.2, 0) is 6.42 Å². The molecular formula is C21H22N6. The first-order valence-electron chi connectivity index (χ1n) is 9.29. The van der Waals surface area contributed by atoms with Crippen molar-refractivity contribution in [2.75, 3.05) is 23.0 Å². The lowest BCUT2D eigenvalue weighted by Gasteiger charge is -2.32. The number of amidine groups is 1. The van der Waals surface area contributed by atoms with E-state index in [1.54, 1.807) is 4.68 Å². The van der Waals surface area contributed by atoms with Crippen LogP contribution >= 0.6 is 0 Å². The highest BCUT2D eigenvalue weighted by Gasteiger charge is 2.24. The molecule has 0 bridgehead atoms. The van der Waals surface area contributed by atoms with Crippen LogP contribution in [0, 0.1) is 0 Å². The maximum atomic E-state index is 5.83. The zero-order valence-electron chi connectivity index (χ0n) is 15.0. The van der Waals surface area contributed by atoms with Crippen LogP contribution in [0.25, 0.3) is 5.70 Å². The molecule has 4 heterocycles. The Morgan fingerprint density at radius 2 is 2.07 bits per heavy atom. The van der Waals surface area contributed by atoms with Crippen LogP contribution in [0.3, 0.4) is 0 Å². The second-order valence-corrected chi connectivity index (χ2v) is 6.93. The van der Waals surface area contributed by atoms with Crippen molar-refractivity contribution in [1.82, 2.24) is 9.58 Å². The number of anilines is 2. The number of allylic oxidation sites excluding steroid dienone is 2. The summed E-state index contributed by atoms with van der Waals surface area (Å²) >= 11 is 0. The van der Waals surface area contributed by atoms with Crippen molar-refractivity contribution in [3.8, 4) is 0 Å². The minimum atomic E-state index is 0.853. The summed E-state index contributed by atoms with van der Waals surface area (Å²) in [5.74, 6) is 6.69. The number of aliphatic imine (C=N–C) groups is 1. The zero-order valence-corrected chi connectivity index (χ0v) is 15.0. The van der Waals surface area contributed by atoms with Crippen LogP contribution in [0.1, 0.15) is 24.0 Å². The van der Waals surface area contributed by atoms with E-state index in [1.165, 1.54) is 17.7 Å². The Balaban J connectivity index is 1.41. The average molecular weight is 358 g/mol. The van der Waals surface area contributed by atoms with Gasteiger partial charge in [0.2, 0.25) is 0 Å². The minimum absolute atomic E-state index is 0.853. The molecule has 4 N–H and O–H groups in total. The summed E-state index contributed by atoms with van der Waals surface area (Å²) in [5, 5.41) is 6.98. The molecule has 0 spiro atoms. The van der Waals surface area contributed by atoms with Gasteiger partial charge >= 0.3 is 0 Å². The first-order valence-corrected chi connectivity index (χ1v) is 9.29. The van der Waals surface area contributed by atoms with Gasteiger partial charge in [0.1, 0.15) is 0 Å². The van der Waals surface area contributed by atoms with E-state index in [4.69, 9.17) is 5.84 Å². The molecule has 0 aliphatic carbocycles. The van der Waals surface area contributed by atoms with E-state index in [0.29, 0.717) is 0 Å². The van der Waals surface area contributed by atoms with Crippen molar-refractivity contribution in [1.29, 1.82) is 0 Å². The molecule has 0 saturated heterocycles. The molecule has 27 heavy (non-hydrogen) atoms. The van der Waals surface area contributed by atoms with Gasteiger partial charge in [-0.2, -0.15) is 0 Å². The Kier molecular flexibility index (Phi) is 3.74. The highest BCUT2D eigenvalue weighted by molar-refractivity contribution is 6.10. The predicted molar refractivity (Wildman–Crippen MR) is 111 cm³/mol. The number of rotatable bonds is 2. The highest BCUT2D eigenvalue weighted by atomic mass is 15.3. The average Bonchev–Trinajstić information content (AvgIpc) is 3.14. The maximum Gasteiger partial charge on any atom is 0.154 e. The molecule has 0 radical (unpaired) electrons. The third kappa shape index (κ3) is 2.89. The van der Waals surface area contributed by atoms with Gasteiger partial charge in [0.15, 0.2) is 5.84 Å². The van der Waals surface area contributed by atoms with Crippen LogP contribution in [0.5, 0.6) is 0 Å². The van der Waals surface area contributed by atoms with E-state index in [-0.39, 0.29) is 0 Å². The number of nitrogens with zero attached hydrogens (tertiary/aromatic N) is 3. The quantitative estimate of drug-likeness (QED) is 0.719. The smallest absolute Gasteiger partial charge is 0.154 e.